The summed E-state index contributed by atoms with van der Waals surface area (Å²) >= 11 is 1.51. The summed E-state index contributed by atoms with van der Waals surface area (Å²) in [5.74, 6) is 7.47. The van der Waals surface area contributed by atoms with Crippen molar-refractivity contribution in [3.8, 4) is 23.0 Å². The first-order chi connectivity index (χ1) is 46.2. The van der Waals surface area contributed by atoms with Crippen LogP contribution in [0.1, 0.15) is 303 Å². The third kappa shape index (κ3) is 46.6. The molecule has 604 valence electrons. The van der Waals surface area contributed by atoms with E-state index in [1.165, 1.54) is 47.6 Å². The van der Waals surface area contributed by atoms with E-state index in [0.29, 0.717) is 71.4 Å². The molecule has 0 bridgehead atoms. The number of aryl methyl sites for hydroxylation is 1. The largest absolute Gasteiger partial charge is 0.490 e. The summed E-state index contributed by atoms with van der Waals surface area (Å²) in [7, 11) is 0. The summed E-state index contributed by atoms with van der Waals surface area (Å²) in [6.07, 6.45) is 6.97. The number of nitrogens with zero attached hydrogens (tertiary/aromatic N) is 2. The molecule has 0 fully saturated rings. The van der Waals surface area contributed by atoms with E-state index in [4.69, 9.17) is 33.2 Å². The number of thiophene rings is 1. The quantitative estimate of drug-likeness (QED) is 0.0668. The van der Waals surface area contributed by atoms with Gasteiger partial charge < -0.3 is 37.9 Å². The number of oxazole rings is 2. The molecule has 4 aromatic heterocycles. The fourth-order valence-corrected chi connectivity index (χ4v) is 8.76. The number of Topliss-reactive ketones (excluding diaryl/α,β-unsaturated/α-hetero) is 3. The fraction of sp³-hybridized carbons (Fsp3) is 0.455. The van der Waals surface area contributed by atoms with E-state index >= 15 is 0 Å². The summed E-state index contributed by atoms with van der Waals surface area (Å²) in [4.78, 5) is 53.5. The van der Waals surface area contributed by atoms with Crippen molar-refractivity contribution in [1.82, 2.24) is 9.97 Å². The number of halogens is 4. The topological polar surface area (TPSA) is 196 Å². The zero-order valence-corrected chi connectivity index (χ0v) is 61.1. The maximum absolute atomic E-state index is 12.7. The summed E-state index contributed by atoms with van der Waals surface area (Å²) in [5.41, 5.74) is 9.41. The number of hydrogen-bond acceptors (Lipinski definition) is 14. The van der Waals surface area contributed by atoms with Crippen LogP contribution in [0.2, 0.25) is 0 Å². The van der Waals surface area contributed by atoms with Gasteiger partial charge in [-0.15, -0.1) is 11.3 Å². The van der Waals surface area contributed by atoms with Gasteiger partial charge in [0.1, 0.15) is 40.9 Å². The number of carbonyl (C=O) groups excluding carboxylic acids is 4. The molecule has 9 aromatic rings. The Bertz CT molecular complexity index is 3640. The molecule has 0 unspecified atom stereocenters. The van der Waals surface area contributed by atoms with Crippen molar-refractivity contribution in [2.75, 3.05) is 6.79 Å². The van der Waals surface area contributed by atoms with Gasteiger partial charge >= 0.3 is 6.61 Å². The Hall–Kier alpha value is -9.10. The number of rotatable bonds is 17. The van der Waals surface area contributed by atoms with Crippen molar-refractivity contribution in [3.05, 3.63) is 237 Å². The number of benzene rings is 5. The number of ether oxygens (including phenoxy) is 4. The SMILES string of the molecule is C.C.C.C.C.C.C.C.C.CC(C)C(=O)c1cccs1.CC(C)CC(=O)c1cccc(F)c1.CC(C)Oc1ccccc1C(N)=O.CC(C)c1ccc2c(c1)OCO2.CC(C)c1cccc(F)c1.CC(C)c1cccc(OC(F)F)c1.CC(C)c1cnco1.CC(C)c1ncco1.Cc1ccc(C(=O)C(C)C)o1. The number of ketones is 3. The molecule has 0 saturated heterocycles. The van der Waals surface area contributed by atoms with Crippen molar-refractivity contribution in [2.45, 2.75) is 247 Å². The molecule has 0 radical (unpaired) electrons. The Labute approximate surface area is 648 Å². The Morgan fingerprint density at radius 3 is 1.50 bits per heavy atom. The van der Waals surface area contributed by atoms with Crippen LogP contribution in [-0.2, 0) is 0 Å². The second kappa shape index (κ2) is 61.0. The average molecular weight is 1520 g/mol. The standard InChI is InChI=1S/C11H13FO.C10H12F2O.C10H13NO2.C10H12O2.C9H11F.C9H12O2.C8H10OS.2C6H9NO.9CH4/c1-8(2)6-11(13)9-4-3-5-10(12)7-9;1-7(2)8-4-3-5-9(6-8)13-10(11)12;1-7(2)13-9-6-4-3-5-8(9)10(11)12;1-7(2)8-3-4-9-10(5-8)12-6-11-9;1-7(2)8-4-3-5-9(10)6-8;1-6(2)9(10)8-5-4-7(3)11-8;1-6(2)8(9)7-4-3-5-10-7;1-5(2)6-3-7-4-8-6;1-5(2)6-7-3-4-8-6;;;;;;;;;/h3-5,7-8H,6H2,1-2H3;3-7,10H,1-2H3;3-7H,1-2H3,(H2,11,12);3-5,7H,6H2,1-2H3;3-7H,1-2H3;4-6H,1-3H3;3-6H,1-2H3;2*3-5H,1-2H3;9*1H4. The van der Waals surface area contributed by atoms with E-state index < -0.39 is 12.5 Å². The van der Waals surface area contributed by atoms with E-state index in [1.807, 2.05) is 138 Å². The molecule has 0 saturated carbocycles. The molecular formula is C88H137F4N3O11S. The molecule has 0 atom stereocenters. The number of carbonyl (C=O) groups is 4. The van der Waals surface area contributed by atoms with Gasteiger partial charge in [0.25, 0.3) is 5.91 Å². The average Bonchev–Trinajstić information content (AvgIpc) is 1.75. The normalized spacial score (nSPS) is 9.95. The van der Waals surface area contributed by atoms with Crippen LogP contribution in [0.4, 0.5) is 17.6 Å². The fourth-order valence-electron chi connectivity index (χ4n) is 7.95. The molecule has 107 heavy (non-hydrogen) atoms. The number of nitrogens with two attached hydrogens (primary N) is 1. The molecule has 10 rings (SSSR count). The molecule has 1 amide bonds. The number of alkyl halides is 2. The van der Waals surface area contributed by atoms with Crippen molar-refractivity contribution in [2.24, 2.45) is 23.5 Å². The van der Waals surface area contributed by atoms with Gasteiger partial charge in [-0.2, -0.15) is 8.78 Å². The molecule has 1 aliphatic rings. The van der Waals surface area contributed by atoms with Crippen LogP contribution in [0.15, 0.2) is 183 Å². The Morgan fingerprint density at radius 2 is 1.08 bits per heavy atom. The van der Waals surface area contributed by atoms with Crippen LogP contribution >= 0.6 is 11.3 Å². The van der Waals surface area contributed by atoms with Crippen LogP contribution < -0.4 is 24.7 Å². The first-order valence-corrected chi connectivity index (χ1v) is 33.6. The molecule has 1 aliphatic heterocycles. The molecular weight excluding hydrogens is 1380 g/mol. The lowest BCUT2D eigenvalue weighted by atomic mass is 10.0. The number of fused-ring (bicyclic) bond motifs is 1. The predicted molar refractivity (Wildman–Crippen MR) is 443 cm³/mol. The van der Waals surface area contributed by atoms with E-state index in [9.17, 15) is 36.7 Å². The number of primary amides is 1. The second-order valence-corrected chi connectivity index (χ2v) is 26.1. The number of furan rings is 1. The highest BCUT2D eigenvalue weighted by Crippen LogP contribution is 2.34. The number of hydrogen-bond donors (Lipinski definition) is 1. The van der Waals surface area contributed by atoms with Crippen LogP contribution in [0.25, 0.3) is 0 Å². The Morgan fingerprint density at radius 1 is 0.542 bits per heavy atom. The Balaban J connectivity index is -0.000000171. The highest BCUT2D eigenvalue weighted by atomic mass is 32.1. The smallest absolute Gasteiger partial charge is 0.387 e. The number of para-hydroxylation sites is 1. The van der Waals surface area contributed by atoms with Gasteiger partial charge in [0.05, 0.1) is 28.9 Å². The van der Waals surface area contributed by atoms with Gasteiger partial charge in [-0.1, -0.05) is 238 Å². The summed E-state index contributed by atoms with van der Waals surface area (Å²) in [5, 5.41) is 1.93. The molecule has 2 N–H and O–H groups in total. The molecule has 14 nitrogen and oxygen atoms in total. The third-order valence-corrected chi connectivity index (χ3v) is 14.2. The molecule has 0 aliphatic carbocycles. The lowest BCUT2D eigenvalue weighted by Gasteiger charge is -2.11. The minimum Gasteiger partial charge on any atom is -0.490 e. The summed E-state index contributed by atoms with van der Waals surface area (Å²) in [6.45, 7) is 35.4. The van der Waals surface area contributed by atoms with Gasteiger partial charge in [-0.3, -0.25) is 19.2 Å². The predicted octanol–water partition coefficient (Wildman–Crippen LogP) is 27.9. The first kappa shape index (κ1) is 114. The maximum Gasteiger partial charge on any atom is 0.387 e. The summed E-state index contributed by atoms with van der Waals surface area (Å²) < 4.78 is 84.2. The molecule has 5 heterocycles. The van der Waals surface area contributed by atoms with E-state index in [1.54, 1.807) is 85.4 Å². The zero-order valence-electron chi connectivity index (χ0n) is 60.2. The van der Waals surface area contributed by atoms with Crippen molar-refractivity contribution >= 4 is 34.6 Å². The molecule has 0 spiro atoms. The van der Waals surface area contributed by atoms with Gasteiger partial charge in [-0.05, 0) is 145 Å². The minimum atomic E-state index is -2.75. The van der Waals surface area contributed by atoms with Crippen molar-refractivity contribution in [1.29, 1.82) is 0 Å². The summed E-state index contributed by atoms with van der Waals surface area (Å²) in [6, 6.07) is 39.7. The minimum absolute atomic E-state index is 0. The number of amides is 1. The first-order valence-electron chi connectivity index (χ1n) is 32.7. The van der Waals surface area contributed by atoms with Crippen LogP contribution in [0.5, 0.6) is 23.0 Å². The van der Waals surface area contributed by atoms with Crippen molar-refractivity contribution < 1.29 is 68.9 Å². The Kier molecular flexibility index (Phi) is 64.8. The van der Waals surface area contributed by atoms with Crippen LogP contribution in [0.3, 0.4) is 0 Å². The monoisotopic (exact) mass is 1520 g/mol. The van der Waals surface area contributed by atoms with E-state index in [0.717, 1.165) is 44.9 Å². The van der Waals surface area contributed by atoms with Gasteiger partial charge in [0.2, 0.25) is 12.6 Å². The van der Waals surface area contributed by atoms with Gasteiger partial charge in [0.15, 0.2) is 41.1 Å². The van der Waals surface area contributed by atoms with Gasteiger partial charge in [0, 0.05) is 35.7 Å². The van der Waals surface area contributed by atoms with E-state index in [2.05, 4.69) is 62.3 Å². The van der Waals surface area contributed by atoms with Crippen LogP contribution in [0, 0.1) is 36.3 Å². The van der Waals surface area contributed by atoms with Crippen LogP contribution in [-0.4, -0.2) is 52.7 Å². The zero-order chi connectivity index (χ0) is 73.6. The van der Waals surface area contributed by atoms with Crippen molar-refractivity contribution in [3.63, 3.8) is 0 Å². The third-order valence-electron chi connectivity index (χ3n) is 13.3. The highest BCUT2D eigenvalue weighted by molar-refractivity contribution is 7.12. The number of aromatic nitrogens is 2. The molecule has 5 aromatic carbocycles. The van der Waals surface area contributed by atoms with E-state index in [-0.39, 0.29) is 120 Å². The second-order valence-electron chi connectivity index (χ2n) is 25.2. The highest BCUT2D eigenvalue weighted by Gasteiger charge is 2.16. The molecule has 19 heteroatoms. The van der Waals surface area contributed by atoms with Gasteiger partial charge in [-0.25, -0.2) is 18.7 Å². The lowest BCUT2D eigenvalue weighted by molar-refractivity contribution is -0.0499. The maximum atomic E-state index is 12.7. The lowest BCUT2D eigenvalue weighted by Crippen LogP contribution is -2.15.